The highest BCUT2D eigenvalue weighted by molar-refractivity contribution is 6.30. The van der Waals surface area contributed by atoms with Crippen LogP contribution in [-0.4, -0.2) is 35.8 Å². The summed E-state index contributed by atoms with van der Waals surface area (Å²) in [5, 5.41) is 3.72. The molecule has 1 aliphatic rings. The molecule has 2 aromatic carbocycles. The Balaban J connectivity index is 1.74. The topological polar surface area (TPSA) is 59.1 Å². The van der Waals surface area contributed by atoms with Gasteiger partial charge in [0.25, 0.3) is 0 Å². The Bertz CT molecular complexity index is 928. The van der Waals surface area contributed by atoms with E-state index in [1.807, 2.05) is 0 Å². The lowest BCUT2D eigenvalue weighted by Gasteiger charge is -2.32. The van der Waals surface area contributed by atoms with Gasteiger partial charge in [0.2, 0.25) is 0 Å². The fraction of sp³-hybridized carbons (Fsp3) is 0.364. The third-order valence-electron chi connectivity index (χ3n) is 4.39. The summed E-state index contributed by atoms with van der Waals surface area (Å²) >= 11 is 5.84. The van der Waals surface area contributed by atoms with Crippen LogP contribution in [0, 0.1) is 5.82 Å². The lowest BCUT2D eigenvalue weighted by molar-refractivity contribution is 0.0274. The molecule has 1 amide bonds. The van der Waals surface area contributed by atoms with Crippen LogP contribution in [0.15, 0.2) is 42.5 Å². The third kappa shape index (κ3) is 5.42. The van der Waals surface area contributed by atoms with Crippen molar-refractivity contribution < 1.29 is 23.5 Å². The average Bonchev–Trinajstić information content (AvgIpc) is 3.16. The van der Waals surface area contributed by atoms with Crippen LogP contribution in [0.5, 0.6) is 0 Å². The molecule has 2 aromatic rings. The Kier molecular flexibility index (Phi) is 6.51. The molecule has 3 rings (SSSR count). The van der Waals surface area contributed by atoms with Crippen molar-refractivity contribution in [2.24, 2.45) is 0 Å². The minimum absolute atomic E-state index is 0.00653. The van der Waals surface area contributed by atoms with Gasteiger partial charge in [-0.3, -0.25) is 5.01 Å². The van der Waals surface area contributed by atoms with Gasteiger partial charge in [-0.05, 0) is 63.1 Å². The van der Waals surface area contributed by atoms with Crippen LogP contribution in [0.4, 0.5) is 14.9 Å². The van der Waals surface area contributed by atoms with E-state index in [0.29, 0.717) is 23.8 Å². The molecule has 0 spiro atoms. The number of nitrogens with zero attached hydrogens (tertiary/aromatic N) is 2. The molecular weight excluding hydrogens is 411 g/mol. The largest absolute Gasteiger partial charge is 0.457 e. The van der Waals surface area contributed by atoms with E-state index >= 15 is 0 Å². The monoisotopic (exact) mass is 434 g/mol. The van der Waals surface area contributed by atoms with Gasteiger partial charge in [0, 0.05) is 18.1 Å². The fourth-order valence-electron chi connectivity index (χ4n) is 3.02. The van der Waals surface area contributed by atoms with E-state index in [9.17, 15) is 14.0 Å². The third-order valence-corrected chi connectivity index (χ3v) is 4.64. The number of hydrazine groups is 1. The van der Waals surface area contributed by atoms with Gasteiger partial charge in [0.1, 0.15) is 18.0 Å². The molecule has 6 nitrogen and oxygen atoms in total. The van der Waals surface area contributed by atoms with Crippen molar-refractivity contribution in [2.45, 2.75) is 39.4 Å². The van der Waals surface area contributed by atoms with Gasteiger partial charge >= 0.3 is 12.1 Å². The SMILES string of the molecule is CC(C)(C)OC(=O)N1CCCN1c1ccc(F)c(C(=O)OCc2ccc(Cl)cc2)c1. The molecule has 0 atom stereocenters. The smallest absolute Gasteiger partial charge is 0.429 e. The number of halogens is 2. The van der Waals surface area contributed by atoms with E-state index in [1.54, 1.807) is 50.0 Å². The molecule has 1 fully saturated rings. The second kappa shape index (κ2) is 8.92. The van der Waals surface area contributed by atoms with Crippen molar-refractivity contribution in [1.29, 1.82) is 0 Å². The van der Waals surface area contributed by atoms with E-state index in [-0.39, 0.29) is 12.2 Å². The second-order valence-corrected chi connectivity index (χ2v) is 8.38. The second-order valence-electron chi connectivity index (χ2n) is 7.95. The van der Waals surface area contributed by atoms with E-state index in [4.69, 9.17) is 21.1 Å². The zero-order valence-corrected chi connectivity index (χ0v) is 17.9. The number of ether oxygens (including phenoxy) is 2. The number of hydrogen-bond acceptors (Lipinski definition) is 5. The van der Waals surface area contributed by atoms with E-state index in [1.165, 1.54) is 23.2 Å². The maximum atomic E-state index is 14.3. The molecule has 30 heavy (non-hydrogen) atoms. The number of amides is 1. The number of rotatable bonds is 4. The zero-order chi connectivity index (χ0) is 21.9. The minimum atomic E-state index is -0.785. The standard InChI is InChI=1S/C22H24ClFN2O4/c1-22(2,3)30-21(28)26-12-4-11-25(26)17-9-10-19(24)18(13-17)20(27)29-14-15-5-7-16(23)8-6-15/h5-10,13H,4,11-12,14H2,1-3H3. The number of benzene rings is 2. The summed E-state index contributed by atoms with van der Waals surface area (Å²) in [5.74, 6) is -1.48. The number of esters is 1. The lowest BCUT2D eigenvalue weighted by Crippen LogP contribution is -2.44. The maximum Gasteiger partial charge on any atom is 0.429 e. The highest BCUT2D eigenvalue weighted by Gasteiger charge is 2.31. The number of carbonyl (C=O) groups excluding carboxylic acids is 2. The highest BCUT2D eigenvalue weighted by Crippen LogP contribution is 2.26. The number of anilines is 1. The molecule has 0 unspecified atom stereocenters. The molecule has 1 heterocycles. The molecule has 0 N–H and O–H groups in total. The minimum Gasteiger partial charge on any atom is -0.457 e. The number of hydrogen-bond donors (Lipinski definition) is 0. The molecule has 8 heteroatoms. The summed E-state index contributed by atoms with van der Waals surface area (Å²) in [6, 6.07) is 10.9. The van der Waals surface area contributed by atoms with Crippen LogP contribution in [0.1, 0.15) is 43.1 Å². The maximum absolute atomic E-state index is 14.3. The first kappa shape index (κ1) is 21.9. The Morgan fingerprint density at radius 3 is 2.47 bits per heavy atom. The number of carbonyl (C=O) groups is 2. The Morgan fingerprint density at radius 2 is 1.80 bits per heavy atom. The Morgan fingerprint density at radius 1 is 1.10 bits per heavy atom. The van der Waals surface area contributed by atoms with Crippen molar-refractivity contribution in [2.75, 3.05) is 18.1 Å². The molecule has 1 aliphatic heterocycles. The van der Waals surface area contributed by atoms with Crippen LogP contribution in [0.3, 0.4) is 0 Å². The van der Waals surface area contributed by atoms with Crippen molar-refractivity contribution in [3.05, 3.63) is 64.4 Å². The van der Waals surface area contributed by atoms with Crippen molar-refractivity contribution in [3.63, 3.8) is 0 Å². The van der Waals surface area contributed by atoms with Gasteiger partial charge in [-0.15, -0.1) is 0 Å². The molecule has 0 saturated carbocycles. The van der Waals surface area contributed by atoms with Crippen LogP contribution in [-0.2, 0) is 16.1 Å². The summed E-state index contributed by atoms with van der Waals surface area (Å²) in [7, 11) is 0. The summed E-state index contributed by atoms with van der Waals surface area (Å²) in [6.45, 7) is 6.38. The van der Waals surface area contributed by atoms with Gasteiger partial charge < -0.3 is 9.47 Å². The van der Waals surface area contributed by atoms with Crippen LogP contribution in [0.25, 0.3) is 0 Å². The summed E-state index contributed by atoms with van der Waals surface area (Å²) in [5.41, 5.74) is 0.417. The van der Waals surface area contributed by atoms with Crippen molar-refractivity contribution in [3.8, 4) is 0 Å². The quantitative estimate of drug-likeness (QED) is 0.619. The van der Waals surface area contributed by atoms with E-state index in [0.717, 1.165) is 12.0 Å². The predicted molar refractivity (Wildman–Crippen MR) is 112 cm³/mol. The summed E-state index contributed by atoms with van der Waals surface area (Å²) in [6.07, 6.45) is 0.239. The summed E-state index contributed by atoms with van der Waals surface area (Å²) < 4.78 is 25.0. The first-order valence-corrected chi connectivity index (χ1v) is 10.0. The van der Waals surface area contributed by atoms with Crippen molar-refractivity contribution in [1.82, 2.24) is 5.01 Å². The van der Waals surface area contributed by atoms with Gasteiger partial charge in [-0.25, -0.2) is 19.0 Å². The van der Waals surface area contributed by atoms with E-state index in [2.05, 4.69) is 0 Å². The summed E-state index contributed by atoms with van der Waals surface area (Å²) in [4.78, 5) is 25.0. The van der Waals surface area contributed by atoms with Crippen LogP contribution < -0.4 is 5.01 Å². The molecule has 160 valence electrons. The van der Waals surface area contributed by atoms with Crippen LogP contribution >= 0.6 is 11.6 Å². The van der Waals surface area contributed by atoms with Gasteiger partial charge in [-0.2, -0.15) is 0 Å². The molecule has 0 aliphatic carbocycles. The van der Waals surface area contributed by atoms with Gasteiger partial charge in [-0.1, -0.05) is 23.7 Å². The predicted octanol–water partition coefficient (Wildman–Crippen LogP) is 5.20. The van der Waals surface area contributed by atoms with Gasteiger partial charge in [0.05, 0.1) is 11.3 Å². The highest BCUT2D eigenvalue weighted by atomic mass is 35.5. The lowest BCUT2D eigenvalue weighted by atomic mass is 10.2. The Labute approximate surface area is 180 Å². The first-order chi connectivity index (χ1) is 14.1. The van der Waals surface area contributed by atoms with Crippen molar-refractivity contribution >= 4 is 29.4 Å². The molecule has 0 aromatic heterocycles. The normalized spacial score (nSPS) is 14.0. The van der Waals surface area contributed by atoms with E-state index < -0.39 is 23.5 Å². The average molecular weight is 435 g/mol. The first-order valence-electron chi connectivity index (χ1n) is 9.63. The fourth-order valence-corrected chi connectivity index (χ4v) is 3.15. The van der Waals surface area contributed by atoms with Gasteiger partial charge in [0.15, 0.2) is 0 Å². The molecule has 0 bridgehead atoms. The van der Waals surface area contributed by atoms with Crippen LogP contribution in [0.2, 0.25) is 5.02 Å². The Hall–Kier alpha value is -2.80. The molecular formula is C22H24ClFN2O4. The zero-order valence-electron chi connectivity index (χ0n) is 17.2. The molecule has 1 saturated heterocycles. The molecule has 0 radical (unpaired) electrons.